The van der Waals surface area contributed by atoms with E-state index in [-0.39, 0.29) is 12.4 Å². The van der Waals surface area contributed by atoms with Gasteiger partial charge in [-0.15, -0.1) is 11.8 Å². The maximum absolute atomic E-state index is 12.7. The van der Waals surface area contributed by atoms with Crippen LogP contribution < -0.4 is 0 Å². The van der Waals surface area contributed by atoms with Crippen LogP contribution in [0.4, 0.5) is 0 Å². The van der Waals surface area contributed by atoms with Crippen molar-refractivity contribution >= 4 is 23.7 Å². The lowest BCUT2D eigenvalue weighted by molar-refractivity contribution is -0.157. The van der Waals surface area contributed by atoms with Crippen molar-refractivity contribution in [1.82, 2.24) is 0 Å². The molecule has 5 heteroatoms. The zero-order valence-corrected chi connectivity index (χ0v) is 15.0. The molecular weight excluding hydrogens is 336 g/mol. The number of benzene rings is 2. The van der Waals surface area contributed by atoms with E-state index in [9.17, 15) is 9.59 Å². The maximum Gasteiger partial charge on any atom is 0.316 e. The number of esters is 2. The SMILES string of the molecule is COC(=O)C1(Cc2ccc(SC)cc2)CC(=O)OC1c1ccccc1. The number of cyclic esters (lactones) is 1. The number of rotatable bonds is 5. The number of carbonyl (C=O) groups is 2. The minimum atomic E-state index is -1.05. The van der Waals surface area contributed by atoms with Crippen LogP contribution in [0.3, 0.4) is 0 Å². The summed E-state index contributed by atoms with van der Waals surface area (Å²) >= 11 is 1.66. The Labute approximate surface area is 151 Å². The zero-order valence-electron chi connectivity index (χ0n) is 14.2. The second-order valence-corrected chi connectivity index (χ2v) is 7.01. The Morgan fingerprint density at radius 3 is 2.48 bits per heavy atom. The molecule has 0 bridgehead atoms. The van der Waals surface area contributed by atoms with E-state index in [4.69, 9.17) is 9.47 Å². The number of ether oxygens (including phenoxy) is 2. The van der Waals surface area contributed by atoms with Gasteiger partial charge in [0.05, 0.1) is 13.5 Å². The first-order valence-corrected chi connectivity index (χ1v) is 9.27. The molecule has 4 nitrogen and oxygen atoms in total. The first kappa shape index (κ1) is 17.5. The number of carbonyl (C=O) groups excluding carboxylic acids is 2. The molecule has 0 aliphatic carbocycles. The summed E-state index contributed by atoms with van der Waals surface area (Å²) in [5.74, 6) is -0.791. The fourth-order valence-corrected chi connectivity index (χ4v) is 3.78. The van der Waals surface area contributed by atoms with Crippen LogP contribution in [-0.2, 0) is 25.5 Å². The Morgan fingerprint density at radius 2 is 1.88 bits per heavy atom. The summed E-state index contributed by atoms with van der Waals surface area (Å²) in [6, 6.07) is 17.4. The molecule has 0 aromatic heterocycles. The summed E-state index contributed by atoms with van der Waals surface area (Å²) in [6.45, 7) is 0. The third-order valence-electron chi connectivity index (χ3n) is 4.58. The lowest BCUT2D eigenvalue weighted by Gasteiger charge is -2.30. The van der Waals surface area contributed by atoms with Crippen LogP contribution >= 0.6 is 11.8 Å². The molecule has 2 aromatic rings. The van der Waals surface area contributed by atoms with Crippen LogP contribution in [-0.4, -0.2) is 25.3 Å². The molecule has 0 saturated carbocycles. The van der Waals surface area contributed by atoms with Gasteiger partial charge in [0.25, 0.3) is 0 Å². The van der Waals surface area contributed by atoms with Crippen molar-refractivity contribution in [3.05, 3.63) is 65.7 Å². The molecule has 1 aliphatic rings. The molecule has 2 aromatic carbocycles. The van der Waals surface area contributed by atoms with Crippen LogP contribution in [0.25, 0.3) is 0 Å². The molecule has 0 spiro atoms. The second kappa shape index (κ2) is 7.31. The van der Waals surface area contributed by atoms with Crippen LogP contribution in [0.2, 0.25) is 0 Å². The van der Waals surface area contributed by atoms with Gasteiger partial charge < -0.3 is 9.47 Å². The van der Waals surface area contributed by atoms with Gasteiger partial charge >= 0.3 is 11.9 Å². The van der Waals surface area contributed by atoms with Gasteiger partial charge in [0, 0.05) is 4.90 Å². The monoisotopic (exact) mass is 356 g/mol. The predicted octanol–water partition coefficient (Wildman–Crippen LogP) is 3.80. The van der Waals surface area contributed by atoms with Crippen molar-refractivity contribution in [3.63, 3.8) is 0 Å². The standard InChI is InChI=1S/C20H20O4S/c1-23-19(22)20(12-14-8-10-16(25-2)11-9-14)13-17(21)24-18(20)15-6-4-3-5-7-15/h3-11,18H,12-13H2,1-2H3. The Morgan fingerprint density at radius 1 is 1.20 bits per heavy atom. The fourth-order valence-electron chi connectivity index (χ4n) is 3.37. The van der Waals surface area contributed by atoms with Crippen LogP contribution in [0.1, 0.15) is 23.7 Å². The molecule has 0 N–H and O–H groups in total. The molecule has 1 heterocycles. The van der Waals surface area contributed by atoms with E-state index in [1.54, 1.807) is 11.8 Å². The van der Waals surface area contributed by atoms with Crippen molar-refractivity contribution in [3.8, 4) is 0 Å². The molecule has 1 aliphatic heterocycles. The Balaban J connectivity index is 2.01. The highest BCUT2D eigenvalue weighted by Crippen LogP contribution is 2.49. The number of hydrogen-bond donors (Lipinski definition) is 0. The highest BCUT2D eigenvalue weighted by molar-refractivity contribution is 7.98. The average Bonchev–Trinajstić information content (AvgIpc) is 2.99. The average molecular weight is 356 g/mol. The van der Waals surface area contributed by atoms with Crippen LogP contribution in [0.15, 0.2) is 59.5 Å². The van der Waals surface area contributed by atoms with Gasteiger partial charge in [0.2, 0.25) is 0 Å². The van der Waals surface area contributed by atoms with Crippen molar-refractivity contribution < 1.29 is 19.1 Å². The van der Waals surface area contributed by atoms with Gasteiger partial charge in [-0.05, 0) is 35.9 Å². The van der Waals surface area contributed by atoms with E-state index < -0.39 is 17.5 Å². The van der Waals surface area contributed by atoms with Crippen LogP contribution in [0.5, 0.6) is 0 Å². The smallest absolute Gasteiger partial charge is 0.316 e. The van der Waals surface area contributed by atoms with Crippen molar-refractivity contribution in [1.29, 1.82) is 0 Å². The largest absolute Gasteiger partial charge is 0.468 e. The quantitative estimate of drug-likeness (QED) is 0.602. The maximum atomic E-state index is 12.7. The third-order valence-corrected chi connectivity index (χ3v) is 5.33. The minimum Gasteiger partial charge on any atom is -0.468 e. The minimum absolute atomic E-state index is 0.0174. The highest BCUT2D eigenvalue weighted by Gasteiger charge is 2.56. The summed E-state index contributed by atoms with van der Waals surface area (Å²) in [4.78, 5) is 26.0. The van der Waals surface area contributed by atoms with E-state index in [0.29, 0.717) is 6.42 Å². The molecule has 1 fully saturated rings. The van der Waals surface area contributed by atoms with Gasteiger partial charge in [-0.2, -0.15) is 0 Å². The third kappa shape index (κ3) is 3.42. The van der Waals surface area contributed by atoms with E-state index in [2.05, 4.69) is 0 Å². The molecule has 0 amide bonds. The molecule has 2 unspecified atom stereocenters. The molecular formula is C20H20O4S. The summed E-state index contributed by atoms with van der Waals surface area (Å²) in [7, 11) is 1.35. The molecule has 0 radical (unpaired) electrons. The zero-order chi connectivity index (χ0) is 17.9. The van der Waals surface area contributed by atoms with Crippen molar-refractivity contribution in [2.75, 3.05) is 13.4 Å². The molecule has 3 rings (SSSR count). The molecule has 25 heavy (non-hydrogen) atoms. The van der Waals surface area contributed by atoms with Crippen molar-refractivity contribution in [2.45, 2.75) is 23.8 Å². The lowest BCUT2D eigenvalue weighted by atomic mass is 9.73. The van der Waals surface area contributed by atoms with Crippen LogP contribution in [0, 0.1) is 5.41 Å². The van der Waals surface area contributed by atoms with E-state index >= 15 is 0 Å². The summed E-state index contributed by atoms with van der Waals surface area (Å²) in [6.07, 6.45) is 1.78. The number of thioether (sulfide) groups is 1. The van der Waals surface area contributed by atoms with Gasteiger partial charge in [0.1, 0.15) is 11.5 Å². The lowest BCUT2D eigenvalue weighted by Crippen LogP contribution is -2.37. The van der Waals surface area contributed by atoms with E-state index in [1.165, 1.54) is 7.11 Å². The topological polar surface area (TPSA) is 52.6 Å². The first-order valence-electron chi connectivity index (χ1n) is 8.05. The summed E-state index contributed by atoms with van der Waals surface area (Å²) in [5.41, 5.74) is 0.732. The van der Waals surface area contributed by atoms with Gasteiger partial charge in [-0.1, -0.05) is 42.5 Å². The normalized spacial score (nSPS) is 22.5. The Bertz CT molecular complexity index is 757. The highest BCUT2D eigenvalue weighted by atomic mass is 32.2. The summed E-state index contributed by atoms with van der Waals surface area (Å²) in [5, 5.41) is 0. The first-order chi connectivity index (χ1) is 12.1. The second-order valence-electron chi connectivity index (χ2n) is 6.13. The van der Waals surface area contributed by atoms with Crippen molar-refractivity contribution in [2.24, 2.45) is 5.41 Å². The van der Waals surface area contributed by atoms with E-state index in [0.717, 1.165) is 16.0 Å². The predicted molar refractivity (Wildman–Crippen MR) is 96.3 cm³/mol. The summed E-state index contributed by atoms with van der Waals surface area (Å²) < 4.78 is 10.6. The molecule has 1 saturated heterocycles. The molecule has 2 atom stereocenters. The Hall–Kier alpha value is -2.27. The number of hydrogen-bond acceptors (Lipinski definition) is 5. The number of methoxy groups -OCH3 is 1. The van der Waals surface area contributed by atoms with Gasteiger partial charge in [0.15, 0.2) is 0 Å². The van der Waals surface area contributed by atoms with Gasteiger partial charge in [-0.3, -0.25) is 9.59 Å². The van der Waals surface area contributed by atoms with E-state index in [1.807, 2.05) is 60.9 Å². The Kier molecular flexibility index (Phi) is 5.13. The fraction of sp³-hybridized carbons (Fsp3) is 0.300. The van der Waals surface area contributed by atoms with Gasteiger partial charge in [-0.25, -0.2) is 0 Å². The molecule has 130 valence electrons.